The maximum Gasteiger partial charge on any atom is 0.409 e. The smallest absolute Gasteiger partial charge is 0.409 e. The highest BCUT2D eigenvalue weighted by Gasteiger charge is 2.48. The quantitative estimate of drug-likeness (QED) is 0.110. The van der Waals surface area contributed by atoms with Crippen molar-refractivity contribution >= 4 is 52.2 Å². The topological polar surface area (TPSA) is 121 Å². The molecule has 4 aliphatic rings. The Morgan fingerprint density at radius 3 is 2.00 bits per heavy atom. The molecule has 4 atom stereocenters. The summed E-state index contributed by atoms with van der Waals surface area (Å²) in [6.45, 7) is 20.8. The predicted octanol–water partition coefficient (Wildman–Crippen LogP) is 7.68. The maximum absolute atomic E-state index is 14.3. The van der Waals surface area contributed by atoms with Gasteiger partial charge in [0.25, 0.3) is 11.8 Å². The van der Waals surface area contributed by atoms with Crippen molar-refractivity contribution in [1.29, 1.82) is 0 Å². The summed E-state index contributed by atoms with van der Waals surface area (Å²) >= 11 is 0. The molecule has 62 heavy (non-hydrogen) atoms. The van der Waals surface area contributed by atoms with Crippen molar-refractivity contribution in [2.45, 2.75) is 124 Å². The molecule has 0 bridgehead atoms. The van der Waals surface area contributed by atoms with Gasteiger partial charge in [0, 0.05) is 47.5 Å². The average Bonchev–Trinajstić information content (AvgIpc) is 3.78. The van der Waals surface area contributed by atoms with Crippen LogP contribution in [0.15, 0.2) is 66.0 Å². The average molecular weight is 856 g/mol. The lowest BCUT2D eigenvalue weighted by atomic mass is 9.80. The molecule has 0 aliphatic carbocycles. The first kappa shape index (κ1) is 44.6. The van der Waals surface area contributed by atoms with Crippen molar-refractivity contribution in [1.82, 2.24) is 9.80 Å². The monoisotopic (exact) mass is 855 g/mol. The van der Waals surface area contributed by atoms with Crippen LogP contribution in [-0.2, 0) is 22.4 Å². The van der Waals surface area contributed by atoms with E-state index in [-0.39, 0.29) is 48.2 Å². The number of ether oxygens (including phenoxy) is 3. The van der Waals surface area contributed by atoms with E-state index in [1.807, 2.05) is 80.0 Å². The molecular weight excluding hydrogens is 798 g/mol. The van der Waals surface area contributed by atoms with Crippen molar-refractivity contribution in [3.8, 4) is 29.6 Å². The molecule has 12 nitrogen and oxygen atoms in total. The van der Waals surface area contributed by atoms with E-state index in [1.54, 1.807) is 28.8 Å². The fourth-order valence-electron chi connectivity index (χ4n) is 8.84. The van der Waals surface area contributed by atoms with Gasteiger partial charge in [0.1, 0.15) is 31.4 Å². The molecule has 2 amide bonds. The number of fused-ring (bicyclic) bond motifs is 4. The molecule has 323 valence electrons. The minimum atomic E-state index is -2.40. The van der Waals surface area contributed by atoms with Crippen LogP contribution in [0.5, 0.6) is 17.2 Å². The van der Waals surface area contributed by atoms with E-state index in [4.69, 9.17) is 25.1 Å². The summed E-state index contributed by atoms with van der Waals surface area (Å²) in [4.78, 5) is 47.8. The number of rotatable bonds is 12. The van der Waals surface area contributed by atoms with E-state index in [9.17, 15) is 19.4 Å². The number of nitrogens with zero attached hydrogens (tertiary/aromatic N) is 4. The van der Waals surface area contributed by atoms with Crippen molar-refractivity contribution in [3.63, 3.8) is 0 Å². The van der Waals surface area contributed by atoms with Crippen LogP contribution in [0, 0.1) is 19.3 Å². The lowest BCUT2D eigenvalue weighted by Crippen LogP contribution is -2.57. The first-order valence-electron chi connectivity index (χ1n) is 21.2. The Morgan fingerprint density at radius 2 is 1.44 bits per heavy atom. The Kier molecular flexibility index (Phi) is 12.3. The lowest BCUT2D eigenvalue weighted by molar-refractivity contribution is 0.0638. The Hall–Kier alpha value is -5.42. The first-order valence-corrected chi connectivity index (χ1v) is 24.1. The van der Waals surface area contributed by atoms with E-state index in [2.05, 4.69) is 39.8 Å². The van der Waals surface area contributed by atoms with Crippen LogP contribution in [0.1, 0.15) is 97.4 Å². The number of amides is 2. The van der Waals surface area contributed by atoms with E-state index < -0.39 is 21.6 Å². The van der Waals surface area contributed by atoms with Crippen molar-refractivity contribution < 1.29 is 38.0 Å². The van der Waals surface area contributed by atoms with Gasteiger partial charge in [0.05, 0.1) is 30.3 Å². The SMILES string of the molecule is C#Cc1cc(COc2cc3c(cc2C)C(=O)N2C=C(C)C[C@H]2[C@H](O[Si](C)(C)C(C)(C)C)N3[B]C=O)cc(COc2cc3c(cc2OC)C(=O)N2C=C(C)C[C@H]2[C@H](C)N3B(C)O)c1. The second-order valence-electron chi connectivity index (χ2n) is 18.6. The second kappa shape index (κ2) is 17.0. The van der Waals surface area contributed by atoms with E-state index in [0.29, 0.717) is 58.2 Å². The van der Waals surface area contributed by atoms with Gasteiger partial charge in [0.2, 0.25) is 0 Å². The second-order valence-corrected chi connectivity index (χ2v) is 23.3. The molecule has 3 aromatic rings. The molecular formula is C47H57B2N4O8Si. The molecule has 1 N–H and O–H groups in total. The zero-order valence-corrected chi connectivity index (χ0v) is 38.7. The van der Waals surface area contributed by atoms with Crippen LogP contribution in [0.2, 0.25) is 25.0 Å². The van der Waals surface area contributed by atoms with Crippen molar-refractivity contribution in [2.75, 3.05) is 16.7 Å². The van der Waals surface area contributed by atoms with Crippen LogP contribution in [-0.4, -0.2) is 87.1 Å². The highest BCUT2D eigenvalue weighted by atomic mass is 28.4. The Bertz CT molecular complexity index is 2410. The Morgan fingerprint density at radius 1 is 0.871 bits per heavy atom. The summed E-state index contributed by atoms with van der Waals surface area (Å²) in [5.74, 6) is 3.75. The molecule has 0 fully saturated rings. The lowest BCUT2D eigenvalue weighted by Gasteiger charge is -2.45. The number of hydrogen-bond donors (Lipinski definition) is 1. The van der Waals surface area contributed by atoms with Gasteiger partial charge in [-0.1, -0.05) is 37.8 Å². The number of carbonyl (C=O) groups is 3. The summed E-state index contributed by atoms with van der Waals surface area (Å²) in [7, 11) is -0.289. The number of aryl methyl sites for hydroxylation is 1. The largest absolute Gasteiger partial charge is 0.493 e. The molecule has 0 saturated heterocycles. The minimum absolute atomic E-state index is 0.115. The third-order valence-corrected chi connectivity index (χ3v) is 17.5. The molecule has 0 unspecified atom stereocenters. The standard InChI is InChI=1S/C47H57B2N4O8Si/c1-13-32-17-33(19-34(18-32)26-60-43-22-39-36(20-42(43)58-10)45(56)50-23-28(2)14-37(50)31(5)53(39)49(9)57)25-59-41-21-38-35(16-30(41)4)44(55)51-24-29(3)15-40(51)46(52(38)48-27-54)61-62(11,12)47(6,7)8/h1,16-24,27,31,37,40,46,57H,14-15,25-26H2,2-12H3/t31-,37-,40-,46-/m0/s1. The third kappa shape index (κ3) is 8.28. The molecule has 7 rings (SSSR count). The van der Waals surface area contributed by atoms with Gasteiger partial charge >= 0.3 is 14.5 Å². The van der Waals surface area contributed by atoms with Crippen LogP contribution >= 0.6 is 0 Å². The van der Waals surface area contributed by atoms with Crippen LogP contribution in [0.25, 0.3) is 0 Å². The van der Waals surface area contributed by atoms with Crippen LogP contribution in [0.4, 0.5) is 11.4 Å². The molecule has 0 aromatic heterocycles. The molecule has 1 radical (unpaired) electrons. The number of carbonyl (C=O) groups excluding carboxylic acids is 3. The minimum Gasteiger partial charge on any atom is -0.493 e. The van der Waals surface area contributed by atoms with Crippen LogP contribution in [0.3, 0.4) is 0 Å². The summed E-state index contributed by atoms with van der Waals surface area (Å²) in [5, 5.41) is 10.9. The van der Waals surface area contributed by atoms with E-state index in [0.717, 1.165) is 34.0 Å². The van der Waals surface area contributed by atoms with Gasteiger partial charge in [-0.05, 0) is 113 Å². The number of methoxy groups -OCH3 is 1. The van der Waals surface area contributed by atoms with Gasteiger partial charge in [-0.15, -0.1) is 6.42 Å². The maximum atomic E-state index is 14.3. The van der Waals surface area contributed by atoms with Gasteiger partial charge in [-0.2, -0.15) is 0 Å². The van der Waals surface area contributed by atoms with Gasteiger partial charge in [-0.3, -0.25) is 9.59 Å². The van der Waals surface area contributed by atoms with Crippen molar-refractivity contribution in [3.05, 3.63) is 99.4 Å². The molecule has 3 aromatic carbocycles. The summed E-state index contributed by atoms with van der Waals surface area (Å²) in [6, 6.07) is 12.2. The molecule has 0 saturated carbocycles. The summed E-state index contributed by atoms with van der Waals surface area (Å²) < 4.78 is 25.8. The number of benzene rings is 3. The van der Waals surface area contributed by atoms with Crippen LogP contribution < -0.4 is 23.8 Å². The first-order chi connectivity index (χ1) is 29.3. The van der Waals surface area contributed by atoms with E-state index in [1.165, 1.54) is 14.5 Å². The fourth-order valence-corrected chi connectivity index (χ4v) is 10.1. The highest BCUT2D eigenvalue weighted by Crippen LogP contribution is 2.45. The number of anilines is 2. The zero-order valence-electron chi connectivity index (χ0n) is 37.7. The van der Waals surface area contributed by atoms with Gasteiger partial charge in [0.15, 0.2) is 19.8 Å². The molecule has 4 aliphatic heterocycles. The van der Waals surface area contributed by atoms with E-state index >= 15 is 0 Å². The summed E-state index contributed by atoms with van der Waals surface area (Å²) in [5.41, 5.74) is 7.09. The number of terminal acetylenes is 1. The van der Waals surface area contributed by atoms with Gasteiger partial charge < -0.3 is 47.9 Å². The predicted molar refractivity (Wildman–Crippen MR) is 247 cm³/mol. The molecule has 15 heteroatoms. The zero-order chi connectivity index (χ0) is 45.0. The number of hydrogen-bond acceptors (Lipinski definition) is 10. The molecule has 0 spiro atoms. The van der Waals surface area contributed by atoms with Gasteiger partial charge in [-0.25, -0.2) is 0 Å². The molecule has 4 heterocycles. The Balaban J connectivity index is 1.17. The normalized spacial score (nSPS) is 20.8. The van der Waals surface area contributed by atoms with Crippen molar-refractivity contribution in [2.24, 2.45) is 0 Å². The Labute approximate surface area is 368 Å². The summed E-state index contributed by atoms with van der Waals surface area (Å²) in [6.07, 6.45) is 11.2. The fraction of sp³-hybridized carbons (Fsp3) is 0.426. The highest BCUT2D eigenvalue weighted by molar-refractivity contribution is 6.74. The third-order valence-electron chi connectivity index (χ3n) is 13.0.